The lowest BCUT2D eigenvalue weighted by atomic mass is 10.1. The van der Waals surface area contributed by atoms with Gasteiger partial charge in [0.2, 0.25) is 0 Å². The van der Waals surface area contributed by atoms with Crippen LogP contribution in [0.15, 0.2) is 48.8 Å². The number of hydrogen-bond donors (Lipinski definition) is 1. The maximum absolute atomic E-state index is 13.1. The summed E-state index contributed by atoms with van der Waals surface area (Å²) in [6, 6.07) is 11.8. The average molecular weight is 412 g/mol. The van der Waals surface area contributed by atoms with Gasteiger partial charge < -0.3 is 10.6 Å². The van der Waals surface area contributed by atoms with Crippen molar-refractivity contribution in [3.8, 4) is 11.4 Å². The van der Waals surface area contributed by atoms with Crippen molar-refractivity contribution in [2.24, 2.45) is 5.73 Å². The van der Waals surface area contributed by atoms with Gasteiger partial charge in [0.25, 0.3) is 11.8 Å². The molecule has 5 rings (SSSR count). The normalized spacial score (nSPS) is 13.5. The lowest BCUT2D eigenvalue weighted by Gasteiger charge is -2.29. The van der Waals surface area contributed by atoms with Gasteiger partial charge in [-0.3, -0.25) is 14.3 Å². The fourth-order valence-electron chi connectivity index (χ4n) is 4.00. The second-order valence-corrected chi connectivity index (χ2v) is 7.71. The average Bonchev–Trinajstić information content (AvgIpc) is 3.19. The molecule has 0 unspecified atom stereocenters. The van der Waals surface area contributed by atoms with Gasteiger partial charge in [-0.25, -0.2) is 9.97 Å². The van der Waals surface area contributed by atoms with E-state index in [2.05, 4.69) is 21.1 Å². The van der Waals surface area contributed by atoms with Crippen LogP contribution < -0.4 is 10.6 Å². The number of carbonyl (C=O) groups is 2. The van der Waals surface area contributed by atoms with E-state index < -0.39 is 5.91 Å². The predicted octanol–water partition coefficient (Wildman–Crippen LogP) is 2.87. The fourth-order valence-corrected chi connectivity index (χ4v) is 4.00. The molecule has 1 aliphatic heterocycles. The molecule has 4 aromatic rings. The van der Waals surface area contributed by atoms with Crippen LogP contribution in [-0.2, 0) is 6.54 Å². The lowest BCUT2D eigenvalue weighted by Crippen LogP contribution is -2.42. The molecule has 0 atom stereocenters. The highest BCUT2D eigenvalue weighted by Gasteiger charge is 2.31. The van der Waals surface area contributed by atoms with Crippen LogP contribution in [0.4, 0.5) is 5.69 Å². The van der Waals surface area contributed by atoms with Crippen LogP contribution in [0, 0.1) is 13.8 Å². The Balaban J connectivity index is 1.50. The molecular formula is C23H20N6O2. The highest BCUT2D eigenvalue weighted by Crippen LogP contribution is 2.29. The van der Waals surface area contributed by atoms with Gasteiger partial charge in [-0.2, -0.15) is 5.10 Å². The molecule has 0 fully saturated rings. The molecule has 154 valence electrons. The van der Waals surface area contributed by atoms with Gasteiger partial charge >= 0.3 is 0 Å². The molecule has 2 aromatic carbocycles. The Morgan fingerprint density at radius 1 is 1.06 bits per heavy atom. The molecule has 31 heavy (non-hydrogen) atoms. The minimum Gasteiger partial charge on any atom is -0.365 e. The first-order chi connectivity index (χ1) is 14.9. The second kappa shape index (κ2) is 7.02. The number of hydrogen-bond acceptors (Lipinski definition) is 5. The van der Waals surface area contributed by atoms with E-state index in [0.29, 0.717) is 18.9 Å². The largest absolute Gasteiger partial charge is 0.365 e. The predicted molar refractivity (Wildman–Crippen MR) is 117 cm³/mol. The number of carbonyl (C=O) groups excluding carboxylic acids is 2. The third-order valence-electron chi connectivity index (χ3n) is 5.57. The van der Waals surface area contributed by atoms with Gasteiger partial charge in [-0.05, 0) is 49.7 Å². The summed E-state index contributed by atoms with van der Waals surface area (Å²) in [6.07, 6.45) is 3.18. The zero-order valence-corrected chi connectivity index (χ0v) is 17.2. The van der Waals surface area contributed by atoms with Crippen molar-refractivity contribution in [3.63, 3.8) is 0 Å². The third-order valence-corrected chi connectivity index (χ3v) is 5.57. The van der Waals surface area contributed by atoms with Crippen LogP contribution in [0.25, 0.3) is 22.3 Å². The number of primary amides is 1. The van der Waals surface area contributed by atoms with E-state index in [-0.39, 0.29) is 17.2 Å². The number of nitrogens with zero attached hydrogens (tertiary/aromatic N) is 5. The van der Waals surface area contributed by atoms with Gasteiger partial charge in [0.15, 0.2) is 5.82 Å². The number of amides is 2. The SMILES string of the molecule is Cc1ccc2nc(-c3ccc(N4CCn5ncc(C(N)=O)c5C4=O)c(C)c3)ncc2c1. The van der Waals surface area contributed by atoms with E-state index in [0.717, 1.165) is 33.3 Å². The molecule has 2 N–H and O–H groups in total. The van der Waals surface area contributed by atoms with E-state index in [1.807, 2.05) is 50.4 Å². The monoisotopic (exact) mass is 412 g/mol. The van der Waals surface area contributed by atoms with Crippen LogP contribution in [-0.4, -0.2) is 38.1 Å². The molecule has 3 heterocycles. The van der Waals surface area contributed by atoms with E-state index in [1.54, 1.807) is 4.90 Å². The third kappa shape index (κ3) is 3.13. The van der Waals surface area contributed by atoms with Crippen molar-refractivity contribution in [2.75, 3.05) is 11.4 Å². The van der Waals surface area contributed by atoms with Crippen molar-refractivity contribution in [2.45, 2.75) is 20.4 Å². The Hall–Kier alpha value is -4.07. The molecule has 0 spiro atoms. The van der Waals surface area contributed by atoms with Crippen LogP contribution in [0.5, 0.6) is 0 Å². The highest BCUT2D eigenvalue weighted by atomic mass is 16.2. The zero-order chi connectivity index (χ0) is 21.7. The number of aryl methyl sites for hydroxylation is 2. The number of benzene rings is 2. The summed E-state index contributed by atoms with van der Waals surface area (Å²) in [6.45, 7) is 4.93. The summed E-state index contributed by atoms with van der Waals surface area (Å²) < 4.78 is 1.53. The Kier molecular flexibility index (Phi) is 4.28. The topological polar surface area (TPSA) is 107 Å². The Morgan fingerprint density at radius 2 is 1.90 bits per heavy atom. The van der Waals surface area contributed by atoms with Crippen molar-refractivity contribution in [1.29, 1.82) is 0 Å². The Labute approximate surface area is 178 Å². The number of fused-ring (bicyclic) bond motifs is 2. The molecular weight excluding hydrogens is 392 g/mol. The Bertz CT molecular complexity index is 1370. The lowest BCUT2D eigenvalue weighted by molar-refractivity contribution is 0.0941. The molecule has 2 aromatic heterocycles. The van der Waals surface area contributed by atoms with Crippen LogP contribution in [0.3, 0.4) is 0 Å². The number of aromatic nitrogens is 4. The summed E-state index contributed by atoms with van der Waals surface area (Å²) >= 11 is 0. The van der Waals surface area contributed by atoms with Crippen LogP contribution in [0.1, 0.15) is 32.0 Å². The number of anilines is 1. The molecule has 8 heteroatoms. The molecule has 1 aliphatic rings. The summed E-state index contributed by atoms with van der Waals surface area (Å²) in [5, 5.41) is 5.11. The highest BCUT2D eigenvalue weighted by molar-refractivity contribution is 6.12. The van der Waals surface area contributed by atoms with E-state index in [4.69, 9.17) is 5.73 Å². The molecule has 0 radical (unpaired) electrons. The summed E-state index contributed by atoms with van der Waals surface area (Å²) in [4.78, 5) is 35.7. The fraction of sp³-hybridized carbons (Fsp3) is 0.174. The summed E-state index contributed by atoms with van der Waals surface area (Å²) in [7, 11) is 0. The molecule has 0 bridgehead atoms. The maximum Gasteiger partial charge on any atom is 0.277 e. The van der Waals surface area contributed by atoms with E-state index >= 15 is 0 Å². The zero-order valence-electron chi connectivity index (χ0n) is 17.2. The quantitative estimate of drug-likeness (QED) is 0.557. The minimum absolute atomic E-state index is 0.142. The minimum atomic E-state index is -0.660. The first-order valence-corrected chi connectivity index (χ1v) is 9.94. The van der Waals surface area contributed by atoms with Crippen molar-refractivity contribution in [1.82, 2.24) is 19.7 Å². The van der Waals surface area contributed by atoms with E-state index in [9.17, 15) is 9.59 Å². The molecule has 0 saturated carbocycles. The van der Waals surface area contributed by atoms with E-state index in [1.165, 1.54) is 10.9 Å². The Morgan fingerprint density at radius 3 is 2.68 bits per heavy atom. The van der Waals surface area contributed by atoms with Crippen LogP contribution in [0.2, 0.25) is 0 Å². The molecule has 2 amide bonds. The van der Waals surface area contributed by atoms with Gasteiger partial charge in [0.05, 0.1) is 23.8 Å². The molecule has 8 nitrogen and oxygen atoms in total. The van der Waals surface area contributed by atoms with Gasteiger partial charge in [-0.15, -0.1) is 0 Å². The number of nitrogens with two attached hydrogens (primary N) is 1. The van der Waals surface area contributed by atoms with Gasteiger partial charge in [0.1, 0.15) is 5.69 Å². The molecule has 0 saturated heterocycles. The smallest absolute Gasteiger partial charge is 0.277 e. The van der Waals surface area contributed by atoms with Crippen molar-refractivity contribution >= 4 is 28.4 Å². The van der Waals surface area contributed by atoms with Crippen molar-refractivity contribution < 1.29 is 9.59 Å². The summed E-state index contributed by atoms with van der Waals surface area (Å²) in [5.41, 5.74) is 10.4. The van der Waals surface area contributed by atoms with Crippen molar-refractivity contribution in [3.05, 3.63) is 71.2 Å². The van der Waals surface area contributed by atoms with Crippen LogP contribution >= 0.6 is 0 Å². The first-order valence-electron chi connectivity index (χ1n) is 9.94. The standard InChI is InChI=1S/C23H20N6O2/c1-13-3-5-18-16(9-13)11-25-22(27-18)15-4-6-19(14(2)10-15)28-7-8-29-20(23(28)31)17(12-26-29)21(24)30/h3-6,9-12H,7-8H2,1-2H3,(H2,24,30). The first kappa shape index (κ1) is 18.9. The number of rotatable bonds is 3. The second-order valence-electron chi connectivity index (χ2n) is 7.71. The summed E-state index contributed by atoms with van der Waals surface area (Å²) in [5.74, 6) is -0.317. The van der Waals surface area contributed by atoms with Gasteiger partial charge in [-0.1, -0.05) is 11.6 Å². The maximum atomic E-state index is 13.1. The molecule has 0 aliphatic carbocycles. The van der Waals surface area contributed by atoms with Gasteiger partial charge in [0, 0.05) is 29.4 Å².